The molecular weight excluding hydrogens is 366 g/mol. The number of halogens is 3. The van der Waals surface area contributed by atoms with Crippen LogP contribution in [-0.2, 0) is 16.1 Å². The van der Waals surface area contributed by atoms with Gasteiger partial charge in [0.25, 0.3) is 0 Å². The summed E-state index contributed by atoms with van der Waals surface area (Å²) < 4.78 is 13.6. The maximum absolute atomic E-state index is 13.6. The Labute approximate surface area is 155 Å². The van der Waals surface area contributed by atoms with Crippen LogP contribution in [-0.4, -0.2) is 11.8 Å². The lowest BCUT2D eigenvalue weighted by molar-refractivity contribution is -0.138. The van der Waals surface area contributed by atoms with E-state index in [1.54, 1.807) is 30.3 Å². The van der Waals surface area contributed by atoms with Crippen molar-refractivity contribution in [3.63, 3.8) is 0 Å². The lowest BCUT2D eigenvalue weighted by Gasteiger charge is -2.23. The number of nitrogens with one attached hydrogen (secondary N) is 2. The average molecular weight is 383 g/mol. The molecule has 0 fully saturated rings. The molecule has 0 saturated heterocycles. The van der Waals surface area contributed by atoms with E-state index in [9.17, 15) is 14.0 Å². The van der Waals surface area contributed by atoms with Gasteiger partial charge in [0.1, 0.15) is 11.2 Å². The third-order valence-corrected chi connectivity index (χ3v) is 4.45. The summed E-state index contributed by atoms with van der Waals surface area (Å²) in [6.45, 7) is 2.96. The minimum atomic E-state index is -1.36. The van der Waals surface area contributed by atoms with E-state index >= 15 is 0 Å². The highest BCUT2D eigenvalue weighted by molar-refractivity contribution is 6.42. The third kappa shape index (κ3) is 4.71. The molecule has 0 unspecified atom stereocenters. The standard InChI is InChI=1S/C18H17Cl2FN2O2/c1-18(2,16(24)22-10-11-5-3-4-6-15(11)21)17(25)23-12-7-8-13(19)14(20)9-12/h3-9H,10H2,1-2H3,(H,22,24)(H,23,25). The summed E-state index contributed by atoms with van der Waals surface area (Å²) in [5.74, 6) is -1.45. The molecule has 2 N–H and O–H groups in total. The zero-order valence-electron chi connectivity index (χ0n) is 13.7. The van der Waals surface area contributed by atoms with Gasteiger partial charge in [-0.15, -0.1) is 0 Å². The van der Waals surface area contributed by atoms with Crippen LogP contribution in [0.3, 0.4) is 0 Å². The van der Waals surface area contributed by atoms with Crippen LogP contribution in [0.2, 0.25) is 10.0 Å². The fourth-order valence-electron chi connectivity index (χ4n) is 2.00. The number of hydrogen-bond acceptors (Lipinski definition) is 2. The molecule has 0 aliphatic heterocycles. The average Bonchev–Trinajstić information content (AvgIpc) is 2.57. The van der Waals surface area contributed by atoms with Crippen LogP contribution in [0.25, 0.3) is 0 Å². The molecule has 0 radical (unpaired) electrons. The van der Waals surface area contributed by atoms with E-state index in [0.29, 0.717) is 21.3 Å². The number of benzene rings is 2. The van der Waals surface area contributed by atoms with Gasteiger partial charge in [-0.1, -0.05) is 41.4 Å². The van der Waals surface area contributed by atoms with E-state index < -0.39 is 23.0 Å². The first kappa shape index (κ1) is 19.2. The molecule has 0 aromatic heterocycles. The predicted molar refractivity (Wildman–Crippen MR) is 97.1 cm³/mol. The normalized spacial score (nSPS) is 11.1. The van der Waals surface area contributed by atoms with Gasteiger partial charge in [0.05, 0.1) is 10.0 Å². The van der Waals surface area contributed by atoms with Crippen LogP contribution >= 0.6 is 23.2 Å². The van der Waals surface area contributed by atoms with Gasteiger partial charge in [-0.3, -0.25) is 9.59 Å². The quantitative estimate of drug-likeness (QED) is 0.752. The largest absolute Gasteiger partial charge is 0.351 e. The van der Waals surface area contributed by atoms with Gasteiger partial charge in [-0.2, -0.15) is 0 Å². The predicted octanol–water partition coefficient (Wildman–Crippen LogP) is 4.41. The van der Waals surface area contributed by atoms with Gasteiger partial charge in [-0.25, -0.2) is 4.39 Å². The second-order valence-electron chi connectivity index (χ2n) is 5.98. The molecule has 7 heteroatoms. The SMILES string of the molecule is CC(C)(C(=O)NCc1ccccc1F)C(=O)Nc1ccc(Cl)c(Cl)c1. The molecule has 0 aliphatic carbocycles. The summed E-state index contributed by atoms with van der Waals surface area (Å²) >= 11 is 11.7. The number of hydrogen-bond donors (Lipinski definition) is 2. The van der Waals surface area contributed by atoms with E-state index in [0.717, 1.165) is 0 Å². The molecule has 2 amide bonds. The minimum Gasteiger partial charge on any atom is -0.351 e. The summed E-state index contributed by atoms with van der Waals surface area (Å²) in [5.41, 5.74) is -0.594. The highest BCUT2D eigenvalue weighted by atomic mass is 35.5. The van der Waals surface area contributed by atoms with E-state index in [-0.39, 0.29) is 6.54 Å². The number of carbonyl (C=O) groups is 2. The molecular formula is C18H17Cl2FN2O2. The van der Waals surface area contributed by atoms with Crippen molar-refractivity contribution in [3.05, 3.63) is 63.9 Å². The summed E-state index contributed by atoms with van der Waals surface area (Å²) in [6, 6.07) is 10.7. The Hall–Kier alpha value is -2.11. The molecule has 2 aromatic rings. The Kier molecular flexibility index (Phi) is 6.03. The number of anilines is 1. The maximum Gasteiger partial charge on any atom is 0.239 e. The number of amides is 2. The summed E-state index contributed by atoms with van der Waals surface area (Å²) in [4.78, 5) is 24.8. The van der Waals surface area contributed by atoms with Gasteiger partial charge >= 0.3 is 0 Å². The second-order valence-corrected chi connectivity index (χ2v) is 6.80. The molecule has 0 atom stereocenters. The molecule has 2 aromatic carbocycles. The van der Waals surface area contributed by atoms with Gasteiger partial charge in [0.2, 0.25) is 11.8 Å². The van der Waals surface area contributed by atoms with Crippen molar-refractivity contribution in [1.29, 1.82) is 0 Å². The number of rotatable bonds is 5. The fraction of sp³-hybridized carbons (Fsp3) is 0.222. The molecule has 0 saturated carbocycles. The summed E-state index contributed by atoms with van der Waals surface area (Å²) in [5, 5.41) is 5.86. The maximum atomic E-state index is 13.6. The van der Waals surface area contributed by atoms with Gasteiger partial charge in [0.15, 0.2) is 0 Å². The first-order valence-electron chi connectivity index (χ1n) is 7.50. The zero-order valence-corrected chi connectivity index (χ0v) is 15.2. The third-order valence-electron chi connectivity index (χ3n) is 3.71. The Balaban J connectivity index is 2.03. The highest BCUT2D eigenvalue weighted by Crippen LogP contribution is 2.26. The van der Waals surface area contributed by atoms with Crippen molar-refractivity contribution in [3.8, 4) is 0 Å². The zero-order chi connectivity index (χ0) is 18.6. The lowest BCUT2D eigenvalue weighted by Crippen LogP contribution is -2.45. The van der Waals surface area contributed by atoms with Crippen molar-refractivity contribution in [2.45, 2.75) is 20.4 Å². The van der Waals surface area contributed by atoms with Crippen molar-refractivity contribution in [2.24, 2.45) is 5.41 Å². The van der Waals surface area contributed by atoms with Crippen molar-refractivity contribution < 1.29 is 14.0 Å². The summed E-state index contributed by atoms with van der Waals surface area (Å²) in [6.07, 6.45) is 0. The molecule has 25 heavy (non-hydrogen) atoms. The number of carbonyl (C=O) groups excluding carboxylic acids is 2. The van der Waals surface area contributed by atoms with E-state index in [1.807, 2.05) is 0 Å². The second kappa shape index (κ2) is 7.85. The van der Waals surface area contributed by atoms with Crippen molar-refractivity contribution in [2.75, 3.05) is 5.32 Å². The minimum absolute atomic E-state index is 0.00497. The molecule has 0 aliphatic rings. The van der Waals surface area contributed by atoms with Crippen LogP contribution < -0.4 is 10.6 Å². The highest BCUT2D eigenvalue weighted by Gasteiger charge is 2.36. The van der Waals surface area contributed by atoms with Crippen LogP contribution in [0, 0.1) is 11.2 Å². The van der Waals surface area contributed by atoms with E-state index in [1.165, 1.54) is 26.0 Å². The van der Waals surface area contributed by atoms with Crippen LogP contribution in [0.15, 0.2) is 42.5 Å². The molecule has 132 valence electrons. The molecule has 0 bridgehead atoms. The summed E-state index contributed by atoms with van der Waals surface area (Å²) in [7, 11) is 0. The molecule has 4 nitrogen and oxygen atoms in total. The molecule has 2 rings (SSSR count). The Morgan fingerprint density at radius 3 is 2.36 bits per heavy atom. The first-order valence-corrected chi connectivity index (χ1v) is 8.25. The smallest absolute Gasteiger partial charge is 0.239 e. The first-order chi connectivity index (χ1) is 11.7. The Morgan fingerprint density at radius 2 is 1.72 bits per heavy atom. The topological polar surface area (TPSA) is 58.2 Å². The molecule has 0 heterocycles. The van der Waals surface area contributed by atoms with E-state index in [4.69, 9.17) is 23.2 Å². The van der Waals surface area contributed by atoms with E-state index in [2.05, 4.69) is 10.6 Å². The monoisotopic (exact) mass is 382 g/mol. The Morgan fingerprint density at radius 1 is 1.04 bits per heavy atom. The van der Waals surface area contributed by atoms with Crippen LogP contribution in [0.5, 0.6) is 0 Å². The van der Waals surface area contributed by atoms with Crippen LogP contribution in [0.4, 0.5) is 10.1 Å². The van der Waals surface area contributed by atoms with Gasteiger partial charge in [0, 0.05) is 17.8 Å². The van der Waals surface area contributed by atoms with Crippen LogP contribution in [0.1, 0.15) is 19.4 Å². The Bertz CT molecular complexity index is 809. The van der Waals surface area contributed by atoms with Crippen molar-refractivity contribution in [1.82, 2.24) is 5.32 Å². The lowest BCUT2D eigenvalue weighted by atomic mass is 9.90. The van der Waals surface area contributed by atoms with Gasteiger partial charge in [-0.05, 0) is 38.1 Å². The van der Waals surface area contributed by atoms with Gasteiger partial charge < -0.3 is 10.6 Å². The molecule has 0 spiro atoms. The fourth-order valence-corrected chi connectivity index (χ4v) is 2.30. The van der Waals surface area contributed by atoms with Crippen molar-refractivity contribution >= 4 is 40.7 Å².